The van der Waals surface area contributed by atoms with E-state index in [4.69, 9.17) is 0 Å². The van der Waals surface area contributed by atoms with E-state index in [1.807, 2.05) is 12.3 Å². The summed E-state index contributed by atoms with van der Waals surface area (Å²) in [5, 5.41) is 10.6. The quantitative estimate of drug-likeness (QED) is 0.611. The third-order valence-electron chi connectivity index (χ3n) is 7.44. The highest BCUT2D eigenvalue weighted by molar-refractivity contribution is 7.86. The van der Waals surface area contributed by atoms with Crippen LogP contribution in [-0.4, -0.2) is 82.0 Å². The molecule has 3 heterocycles. The molecule has 3 aliphatic rings. The van der Waals surface area contributed by atoms with E-state index in [9.17, 15) is 13.5 Å². The Balaban J connectivity index is 1.35. The van der Waals surface area contributed by atoms with Crippen molar-refractivity contribution < 1.29 is 13.5 Å². The molecule has 2 aromatic heterocycles. The topological polar surface area (TPSA) is 106 Å². The summed E-state index contributed by atoms with van der Waals surface area (Å²) in [5.41, 5.74) is 0.425. The van der Waals surface area contributed by atoms with Crippen molar-refractivity contribution in [1.82, 2.24) is 23.6 Å². The number of aliphatic hydroxyl groups is 1. The van der Waals surface area contributed by atoms with E-state index in [0.717, 1.165) is 42.5 Å². The normalized spacial score (nSPS) is 22.6. The molecule has 0 amide bonds. The minimum atomic E-state index is -3.64. The van der Waals surface area contributed by atoms with E-state index < -0.39 is 10.2 Å². The number of nitrogens with one attached hydrogen (secondary N) is 1. The van der Waals surface area contributed by atoms with Gasteiger partial charge in [0, 0.05) is 38.9 Å². The van der Waals surface area contributed by atoms with Crippen LogP contribution in [0.3, 0.4) is 0 Å². The van der Waals surface area contributed by atoms with Gasteiger partial charge in [0.15, 0.2) is 0 Å². The number of piperazine rings is 1. The van der Waals surface area contributed by atoms with Crippen molar-refractivity contribution in [2.24, 2.45) is 5.92 Å². The number of nitrogens with zero attached hydrogens (tertiary/aromatic N) is 5. The van der Waals surface area contributed by atoms with Crippen LogP contribution in [-0.2, 0) is 10.2 Å². The molecule has 2 N–H and O–H groups in total. The third kappa shape index (κ3) is 4.13. The lowest BCUT2D eigenvalue weighted by Gasteiger charge is -2.43. The molecule has 0 aromatic carbocycles. The van der Waals surface area contributed by atoms with Crippen LogP contribution in [0, 0.1) is 5.92 Å². The van der Waals surface area contributed by atoms with E-state index in [-0.39, 0.29) is 18.7 Å². The number of hydrogen-bond donors (Lipinski definition) is 2. The molecule has 0 unspecified atom stereocenters. The van der Waals surface area contributed by atoms with Crippen LogP contribution in [0.2, 0.25) is 0 Å². The van der Waals surface area contributed by atoms with E-state index in [1.54, 1.807) is 14.9 Å². The maximum atomic E-state index is 13.8. The van der Waals surface area contributed by atoms with Crippen molar-refractivity contribution in [2.45, 2.75) is 56.9 Å². The average Bonchev–Trinajstić information content (AvgIpc) is 3.45. The minimum absolute atomic E-state index is 0.147. The monoisotopic (exact) mass is 462 g/mol. The Labute approximate surface area is 190 Å². The van der Waals surface area contributed by atoms with Gasteiger partial charge in [0.2, 0.25) is 0 Å². The average molecular weight is 463 g/mol. The highest BCUT2D eigenvalue weighted by Crippen LogP contribution is 2.47. The highest BCUT2D eigenvalue weighted by Gasteiger charge is 2.57. The van der Waals surface area contributed by atoms with E-state index >= 15 is 0 Å². The van der Waals surface area contributed by atoms with Gasteiger partial charge < -0.3 is 15.0 Å². The summed E-state index contributed by atoms with van der Waals surface area (Å²) >= 11 is 0. The van der Waals surface area contributed by atoms with Gasteiger partial charge in [0.25, 0.3) is 10.2 Å². The summed E-state index contributed by atoms with van der Waals surface area (Å²) in [6.07, 6.45) is 12.1. The molecule has 0 atom stereocenters. The molecule has 1 saturated heterocycles. The molecule has 0 radical (unpaired) electrons. The Hall–Kier alpha value is -1.75. The van der Waals surface area contributed by atoms with Crippen molar-refractivity contribution in [3.8, 4) is 0 Å². The Morgan fingerprint density at radius 2 is 1.94 bits per heavy atom. The number of aromatic amines is 1. The van der Waals surface area contributed by atoms with Crippen LogP contribution in [0.4, 0.5) is 5.82 Å². The van der Waals surface area contributed by atoms with Crippen LogP contribution in [0.5, 0.6) is 0 Å². The molecular formula is C22H34N6O3S. The third-order valence-corrected chi connectivity index (χ3v) is 9.55. The lowest BCUT2D eigenvalue weighted by atomic mass is 10.0. The Morgan fingerprint density at radius 3 is 2.66 bits per heavy atom. The molecule has 176 valence electrons. The predicted molar refractivity (Wildman–Crippen MR) is 124 cm³/mol. The summed E-state index contributed by atoms with van der Waals surface area (Å²) in [6.45, 7) is 2.21. The smallest absolute Gasteiger partial charge is 0.282 e. The maximum Gasteiger partial charge on any atom is 0.282 e. The van der Waals surface area contributed by atoms with Crippen molar-refractivity contribution >= 4 is 27.1 Å². The van der Waals surface area contributed by atoms with Gasteiger partial charge in [-0.05, 0) is 37.7 Å². The minimum Gasteiger partial charge on any atom is -0.395 e. The molecule has 2 saturated carbocycles. The van der Waals surface area contributed by atoms with Gasteiger partial charge in [0.05, 0.1) is 17.5 Å². The second kappa shape index (κ2) is 8.89. The molecule has 32 heavy (non-hydrogen) atoms. The van der Waals surface area contributed by atoms with Crippen LogP contribution in [0.25, 0.3) is 11.0 Å². The molecule has 3 fully saturated rings. The standard InChI is InChI=1S/C22H34N6O3S/c29-14-13-27(15-18-5-3-1-2-4-6-18)32(30,31)28-12-11-26(16-22(28)8-9-22)21-19-7-10-23-20(19)24-17-25-21/h7,10,17-18,29H,1-6,8-9,11-16H2,(H,23,24,25). The number of fused-ring (bicyclic) bond motifs is 1. The Morgan fingerprint density at radius 1 is 1.16 bits per heavy atom. The van der Waals surface area contributed by atoms with Gasteiger partial charge >= 0.3 is 0 Å². The van der Waals surface area contributed by atoms with Crippen molar-refractivity contribution in [1.29, 1.82) is 0 Å². The lowest BCUT2D eigenvalue weighted by molar-refractivity contribution is 0.204. The molecule has 2 aromatic rings. The van der Waals surface area contributed by atoms with Crippen LogP contribution < -0.4 is 4.90 Å². The van der Waals surface area contributed by atoms with Crippen molar-refractivity contribution in [3.63, 3.8) is 0 Å². The first kappa shape index (κ1) is 22.1. The number of H-pyrrole nitrogens is 1. The molecule has 1 spiro atoms. The molecule has 10 heteroatoms. The number of hydrogen-bond acceptors (Lipinski definition) is 6. The van der Waals surface area contributed by atoms with Gasteiger partial charge in [-0.1, -0.05) is 25.7 Å². The van der Waals surface area contributed by atoms with E-state index in [1.165, 1.54) is 25.7 Å². The van der Waals surface area contributed by atoms with E-state index in [0.29, 0.717) is 32.1 Å². The summed E-state index contributed by atoms with van der Waals surface area (Å²) in [4.78, 5) is 14.1. The van der Waals surface area contributed by atoms with Gasteiger partial charge in [-0.25, -0.2) is 9.97 Å². The van der Waals surface area contributed by atoms with Gasteiger partial charge in [-0.3, -0.25) is 0 Å². The Bertz CT molecular complexity index is 1030. The number of aliphatic hydroxyl groups excluding tert-OH is 1. The highest BCUT2D eigenvalue weighted by atomic mass is 32.2. The second-order valence-corrected chi connectivity index (χ2v) is 11.5. The molecular weight excluding hydrogens is 428 g/mol. The fraction of sp³-hybridized carbons (Fsp3) is 0.727. The second-order valence-electron chi connectivity index (χ2n) is 9.60. The first-order valence-corrected chi connectivity index (χ1v) is 13.3. The van der Waals surface area contributed by atoms with Gasteiger partial charge in [-0.15, -0.1) is 0 Å². The molecule has 2 aliphatic carbocycles. The maximum absolute atomic E-state index is 13.8. The molecule has 0 bridgehead atoms. The number of rotatable bonds is 7. The van der Waals surface area contributed by atoms with Crippen molar-refractivity contribution in [3.05, 3.63) is 18.6 Å². The fourth-order valence-electron chi connectivity index (χ4n) is 5.55. The zero-order chi connectivity index (χ0) is 22.2. The largest absolute Gasteiger partial charge is 0.395 e. The number of aromatic nitrogens is 3. The fourth-order valence-corrected chi connectivity index (χ4v) is 7.58. The predicted octanol–water partition coefficient (Wildman–Crippen LogP) is 2.12. The molecule has 1 aliphatic heterocycles. The van der Waals surface area contributed by atoms with Gasteiger partial charge in [-0.2, -0.15) is 17.0 Å². The van der Waals surface area contributed by atoms with Crippen LogP contribution >= 0.6 is 0 Å². The zero-order valence-corrected chi connectivity index (χ0v) is 19.4. The van der Waals surface area contributed by atoms with Crippen molar-refractivity contribution in [2.75, 3.05) is 44.2 Å². The SMILES string of the molecule is O=S(=O)(N(CCO)CC1CCCCCC1)N1CCN(c2ncnc3[nH]ccc23)CC12CC2. The lowest BCUT2D eigenvalue weighted by Crippen LogP contribution is -2.60. The summed E-state index contributed by atoms with van der Waals surface area (Å²) < 4.78 is 30.9. The summed E-state index contributed by atoms with van der Waals surface area (Å²) in [5.74, 6) is 1.25. The van der Waals surface area contributed by atoms with E-state index in [2.05, 4.69) is 19.9 Å². The first-order chi connectivity index (χ1) is 15.5. The number of anilines is 1. The molecule has 5 rings (SSSR count). The molecule has 9 nitrogen and oxygen atoms in total. The van der Waals surface area contributed by atoms with Gasteiger partial charge in [0.1, 0.15) is 17.8 Å². The summed E-state index contributed by atoms with van der Waals surface area (Å²) in [6, 6.07) is 1.98. The van der Waals surface area contributed by atoms with Crippen LogP contribution in [0.1, 0.15) is 51.4 Å². The summed E-state index contributed by atoms with van der Waals surface area (Å²) in [7, 11) is -3.64. The van der Waals surface area contributed by atoms with Crippen LogP contribution in [0.15, 0.2) is 18.6 Å². The Kier molecular flexibility index (Phi) is 6.13. The zero-order valence-electron chi connectivity index (χ0n) is 18.6. The first-order valence-electron chi connectivity index (χ1n) is 12.0.